The van der Waals surface area contributed by atoms with Crippen molar-refractivity contribution in [2.75, 3.05) is 0 Å². The molecule has 0 amide bonds. The topological polar surface area (TPSA) is 0 Å². The van der Waals surface area contributed by atoms with Gasteiger partial charge < -0.3 is 0 Å². The first-order chi connectivity index (χ1) is 5.92. The molecule has 0 saturated heterocycles. The average Bonchev–Trinajstić information content (AvgIpc) is 2.50. The van der Waals surface area contributed by atoms with Gasteiger partial charge in [0.1, 0.15) is 0 Å². The van der Waals surface area contributed by atoms with Crippen LogP contribution in [0, 0.1) is 17.8 Å². The first-order valence-corrected chi connectivity index (χ1v) is 5.52. The van der Waals surface area contributed by atoms with Crippen LogP contribution in [0.1, 0.15) is 44.9 Å². The van der Waals surface area contributed by atoms with E-state index in [1.165, 1.54) is 44.9 Å². The van der Waals surface area contributed by atoms with Gasteiger partial charge in [0.15, 0.2) is 0 Å². The summed E-state index contributed by atoms with van der Waals surface area (Å²) in [7, 11) is 0. The molecule has 2 aliphatic rings. The smallest absolute Gasteiger partial charge is 0.0322 e. The molecule has 3 atom stereocenters. The number of hydrogen-bond donors (Lipinski definition) is 0. The van der Waals surface area contributed by atoms with Gasteiger partial charge in [0.05, 0.1) is 0 Å². The van der Waals surface area contributed by atoms with E-state index in [-0.39, 0.29) is 0 Å². The molecule has 0 aromatic heterocycles. The summed E-state index contributed by atoms with van der Waals surface area (Å²) in [5, 5.41) is 0. The summed E-state index contributed by atoms with van der Waals surface area (Å²) >= 11 is 0. The fraction of sp³-hybridized carbons (Fsp3) is 0.833. The second-order valence-corrected chi connectivity index (χ2v) is 4.57. The molecule has 0 radical (unpaired) electrons. The minimum Gasteiger partial charge on any atom is -0.103 e. The van der Waals surface area contributed by atoms with E-state index in [2.05, 4.69) is 12.7 Å². The van der Waals surface area contributed by atoms with Crippen molar-refractivity contribution in [3.05, 3.63) is 12.7 Å². The first-order valence-electron chi connectivity index (χ1n) is 5.52. The van der Waals surface area contributed by atoms with E-state index in [1.807, 2.05) is 0 Å². The van der Waals surface area contributed by atoms with Crippen LogP contribution in [0.4, 0.5) is 0 Å². The van der Waals surface area contributed by atoms with Crippen molar-refractivity contribution in [2.45, 2.75) is 44.9 Å². The van der Waals surface area contributed by atoms with Gasteiger partial charge in [0, 0.05) is 0 Å². The van der Waals surface area contributed by atoms with Crippen molar-refractivity contribution in [3.8, 4) is 0 Å². The van der Waals surface area contributed by atoms with Gasteiger partial charge in [0.25, 0.3) is 0 Å². The third kappa shape index (κ3) is 1.44. The second kappa shape index (κ2) is 3.64. The molecule has 0 aliphatic heterocycles. The molecule has 2 saturated carbocycles. The maximum atomic E-state index is 3.86. The van der Waals surface area contributed by atoms with Gasteiger partial charge in [-0.2, -0.15) is 0 Å². The first kappa shape index (κ1) is 8.34. The number of rotatable bonds is 2. The summed E-state index contributed by atoms with van der Waals surface area (Å²) in [4.78, 5) is 0. The normalized spacial score (nSPS) is 40.8. The molecule has 3 unspecified atom stereocenters. The fourth-order valence-electron chi connectivity index (χ4n) is 3.36. The van der Waals surface area contributed by atoms with Crippen molar-refractivity contribution < 1.29 is 0 Å². The summed E-state index contributed by atoms with van der Waals surface area (Å²) in [6.07, 6.45) is 12.5. The van der Waals surface area contributed by atoms with Crippen LogP contribution in [-0.4, -0.2) is 0 Å². The van der Waals surface area contributed by atoms with Crippen molar-refractivity contribution in [1.82, 2.24) is 0 Å². The Hall–Kier alpha value is -0.260. The van der Waals surface area contributed by atoms with Crippen LogP contribution in [0.25, 0.3) is 0 Å². The van der Waals surface area contributed by atoms with Gasteiger partial charge >= 0.3 is 0 Å². The van der Waals surface area contributed by atoms with Crippen LogP contribution in [-0.2, 0) is 0 Å². The molecule has 0 heteroatoms. The van der Waals surface area contributed by atoms with Crippen LogP contribution in [0.3, 0.4) is 0 Å². The van der Waals surface area contributed by atoms with E-state index < -0.39 is 0 Å². The average molecular weight is 164 g/mol. The zero-order valence-electron chi connectivity index (χ0n) is 7.97. The van der Waals surface area contributed by atoms with Crippen molar-refractivity contribution in [2.24, 2.45) is 17.8 Å². The zero-order chi connectivity index (χ0) is 8.39. The van der Waals surface area contributed by atoms with E-state index in [0.717, 1.165) is 17.8 Å². The predicted octanol–water partition coefficient (Wildman–Crippen LogP) is 3.78. The zero-order valence-corrected chi connectivity index (χ0v) is 7.97. The van der Waals surface area contributed by atoms with Gasteiger partial charge in [-0.3, -0.25) is 0 Å². The summed E-state index contributed by atoms with van der Waals surface area (Å²) in [5.41, 5.74) is 0. The van der Waals surface area contributed by atoms with Crippen LogP contribution in [0.5, 0.6) is 0 Å². The highest BCUT2D eigenvalue weighted by atomic mass is 14.4. The lowest BCUT2D eigenvalue weighted by Crippen LogP contribution is -2.18. The second-order valence-electron chi connectivity index (χ2n) is 4.57. The predicted molar refractivity (Wildman–Crippen MR) is 53.0 cm³/mol. The van der Waals surface area contributed by atoms with Crippen molar-refractivity contribution in [1.29, 1.82) is 0 Å². The highest BCUT2D eigenvalue weighted by Gasteiger charge is 2.36. The highest BCUT2D eigenvalue weighted by molar-refractivity contribution is 4.90. The molecular weight excluding hydrogens is 144 g/mol. The van der Waals surface area contributed by atoms with E-state index in [4.69, 9.17) is 0 Å². The lowest BCUT2D eigenvalue weighted by molar-refractivity contribution is 0.229. The third-order valence-electron chi connectivity index (χ3n) is 3.95. The SMILES string of the molecule is C=CCC1CCC2CCCCC12. The van der Waals surface area contributed by atoms with Crippen LogP contribution >= 0.6 is 0 Å². The molecule has 0 N–H and O–H groups in total. The van der Waals surface area contributed by atoms with E-state index >= 15 is 0 Å². The standard InChI is InChI=1S/C12H20/c1-2-5-10-8-9-11-6-3-4-7-12(10)11/h2,10-12H,1,3-9H2. The van der Waals surface area contributed by atoms with Crippen LogP contribution < -0.4 is 0 Å². The van der Waals surface area contributed by atoms with E-state index in [0.29, 0.717) is 0 Å². The van der Waals surface area contributed by atoms with Gasteiger partial charge in [0.2, 0.25) is 0 Å². The molecule has 0 nitrogen and oxygen atoms in total. The fourth-order valence-corrected chi connectivity index (χ4v) is 3.36. The van der Waals surface area contributed by atoms with E-state index in [1.54, 1.807) is 0 Å². The summed E-state index contributed by atoms with van der Waals surface area (Å²) in [6.45, 7) is 3.86. The Balaban J connectivity index is 1.96. The minimum atomic E-state index is 1.01. The van der Waals surface area contributed by atoms with E-state index in [9.17, 15) is 0 Å². The monoisotopic (exact) mass is 164 g/mol. The quantitative estimate of drug-likeness (QED) is 0.545. The Morgan fingerprint density at radius 3 is 2.75 bits per heavy atom. The molecular formula is C12H20. The molecule has 2 aliphatic carbocycles. The Labute approximate surface area is 76.1 Å². The molecule has 2 rings (SSSR count). The van der Waals surface area contributed by atoms with Gasteiger partial charge in [-0.1, -0.05) is 25.3 Å². The number of allylic oxidation sites excluding steroid dienone is 1. The van der Waals surface area contributed by atoms with Crippen molar-refractivity contribution >= 4 is 0 Å². The lowest BCUT2D eigenvalue weighted by atomic mass is 9.77. The maximum absolute atomic E-state index is 3.86. The molecule has 0 aromatic carbocycles. The Morgan fingerprint density at radius 2 is 1.92 bits per heavy atom. The Kier molecular flexibility index (Phi) is 2.53. The molecule has 0 spiro atoms. The van der Waals surface area contributed by atoms with Gasteiger partial charge in [-0.15, -0.1) is 6.58 Å². The minimum absolute atomic E-state index is 1.01. The molecule has 0 bridgehead atoms. The number of hydrogen-bond acceptors (Lipinski definition) is 0. The molecule has 0 aromatic rings. The Morgan fingerprint density at radius 1 is 1.08 bits per heavy atom. The summed E-state index contributed by atoms with van der Waals surface area (Å²) < 4.78 is 0. The van der Waals surface area contributed by atoms with Crippen LogP contribution in [0.2, 0.25) is 0 Å². The third-order valence-corrected chi connectivity index (χ3v) is 3.95. The molecule has 2 fully saturated rings. The lowest BCUT2D eigenvalue weighted by Gasteiger charge is -2.28. The maximum Gasteiger partial charge on any atom is -0.0322 e. The molecule has 12 heavy (non-hydrogen) atoms. The Bertz CT molecular complexity index is 159. The molecule has 68 valence electrons. The molecule has 0 heterocycles. The largest absolute Gasteiger partial charge is 0.103 e. The highest BCUT2D eigenvalue weighted by Crippen LogP contribution is 2.47. The van der Waals surface area contributed by atoms with Gasteiger partial charge in [-0.05, 0) is 43.4 Å². The number of fused-ring (bicyclic) bond motifs is 1. The van der Waals surface area contributed by atoms with Gasteiger partial charge in [-0.25, -0.2) is 0 Å². The van der Waals surface area contributed by atoms with Crippen molar-refractivity contribution in [3.63, 3.8) is 0 Å². The summed E-state index contributed by atoms with van der Waals surface area (Å²) in [5.74, 6) is 3.19. The summed E-state index contributed by atoms with van der Waals surface area (Å²) in [6, 6.07) is 0. The van der Waals surface area contributed by atoms with Crippen LogP contribution in [0.15, 0.2) is 12.7 Å².